The SMILES string of the molecule is CC(C)CNCc1cc(Br)c(OCC(C)(C)O)c(Br)c1. The van der Waals surface area contributed by atoms with Gasteiger partial charge in [0.2, 0.25) is 0 Å². The van der Waals surface area contributed by atoms with Crippen LogP contribution in [0.3, 0.4) is 0 Å². The van der Waals surface area contributed by atoms with E-state index in [9.17, 15) is 5.11 Å². The lowest BCUT2D eigenvalue weighted by molar-refractivity contribution is 0.0279. The first-order valence-electron chi connectivity index (χ1n) is 6.73. The van der Waals surface area contributed by atoms with Gasteiger partial charge in [0.05, 0.1) is 14.5 Å². The Morgan fingerprint density at radius 2 is 1.80 bits per heavy atom. The molecule has 0 radical (unpaired) electrons. The fraction of sp³-hybridized carbons (Fsp3) is 0.600. The van der Waals surface area contributed by atoms with Crippen molar-refractivity contribution in [3.63, 3.8) is 0 Å². The molecule has 0 aliphatic heterocycles. The summed E-state index contributed by atoms with van der Waals surface area (Å²) in [6.07, 6.45) is 0. The Bertz CT molecular complexity index is 419. The van der Waals surface area contributed by atoms with Crippen LogP contribution >= 0.6 is 31.9 Å². The van der Waals surface area contributed by atoms with E-state index in [1.54, 1.807) is 13.8 Å². The number of ether oxygens (including phenoxy) is 1. The minimum Gasteiger partial charge on any atom is -0.488 e. The fourth-order valence-corrected chi connectivity index (χ4v) is 3.12. The maximum atomic E-state index is 9.72. The molecule has 1 aromatic carbocycles. The van der Waals surface area contributed by atoms with Gasteiger partial charge in [-0.1, -0.05) is 13.8 Å². The fourth-order valence-electron chi connectivity index (χ4n) is 1.61. The molecule has 0 heterocycles. The van der Waals surface area contributed by atoms with E-state index in [1.165, 1.54) is 5.56 Å². The molecule has 0 unspecified atom stereocenters. The summed E-state index contributed by atoms with van der Waals surface area (Å²) in [5, 5.41) is 13.1. The Kier molecular flexibility index (Phi) is 6.98. The first kappa shape index (κ1) is 18.0. The summed E-state index contributed by atoms with van der Waals surface area (Å²) in [4.78, 5) is 0. The van der Waals surface area contributed by atoms with Crippen LogP contribution in [0.25, 0.3) is 0 Å². The summed E-state index contributed by atoms with van der Waals surface area (Å²) >= 11 is 7.04. The van der Waals surface area contributed by atoms with Gasteiger partial charge in [-0.25, -0.2) is 0 Å². The largest absolute Gasteiger partial charge is 0.488 e. The summed E-state index contributed by atoms with van der Waals surface area (Å²) in [5.41, 5.74) is 0.330. The molecule has 0 amide bonds. The zero-order valence-electron chi connectivity index (χ0n) is 12.5. The minimum absolute atomic E-state index is 0.245. The van der Waals surface area contributed by atoms with E-state index >= 15 is 0 Å². The minimum atomic E-state index is -0.851. The normalized spacial score (nSPS) is 12.0. The van der Waals surface area contributed by atoms with Crippen molar-refractivity contribution in [3.05, 3.63) is 26.6 Å². The van der Waals surface area contributed by atoms with Gasteiger partial charge in [-0.05, 0) is 75.9 Å². The third kappa shape index (κ3) is 6.57. The summed E-state index contributed by atoms with van der Waals surface area (Å²) in [6.45, 7) is 9.87. The topological polar surface area (TPSA) is 41.5 Å². The van der Waals surface area contributed by atoms with Crippen molar-refractivity contribution < 1.29 is 9.84 Å². The second kappa shape index (κ2) is 7.78. The van der Waals surface area contributed by atoms with Gasteiger partial charge in [0.15, 0.2) is 0 Å². The lowest BCUT2D eigenvalue weighted by Crippen LogP contribution is -2.28. The van der Waals surface area contributed by atoms with Gasteiger partial charge < -0.3 is 15.2 Å². The quantitative estimate of drug-likeness (QED) is 0.713. The third-order valence-corrected chi connectivity index (χ3v) is 3.69. The van der Waals surface area contributed by atoms with Crippen LogP contribution in [0.2, 0.25) is 0 Å². The first-order chi connectivity index (χ1) is 9.19. The van der Waals surface area contributed by atoms with Crippen molar-refractivity contribution in [2.75, 3.05) is 13.2 Å². The van der Waals surface area contributed by atoms with Crippen molar-refractivity contribution >= 4 is 31.9 Å². The number of hydrogen-bond donors (Lipinski definition) is 2. The van der Waals surface area contributed by atoms with E-state index in [-0.39, 0.29) is 6.61 Å². The number of nitrogens with one attached hydrogen (secondary N) is 1. The second-order valence-electron chi connectivity index (χ2n) is 6.01. The third-order valence-electron chi connectivity index (χ3n) is 2.51. The van der Waals surface area contributed by atoms with Crippen molar-refractivity contribution in [2.24, 2.45) is 5.92 Å². The Morgan fingerprint density at radius 1 is 1.25 bits per heavy atom. The number of aliphatic hydroxyl groups is 1. The van der Waals surface area contributed by atoms with Crippen LogP contribution in [0, 0.1) is 5.92 Å². The Hall–Kier alpha value is -0.100. The standard InChI is InChI=1S/C15H23Br2NO2/c1-10(2)7-18-8-11-5-12(16)14(13(17)6-11)20-9-15(3,4)19/h5-6,10,18-19H,7-9H2,1-4H3. The highest BCUT2D eigenvalue weighted by molar-refractivity contribution is 9.11. The van der Waals surface area contributed by atoms with E-state index in [2.05, 4.69) is 51.0 Å². The van der Waals surface area contributed by atoms with Crippen molar-refractivity contribution in [1.29, 1.82) is 0 Å². The van der Waals surface area contributed by atoms with Crippen LogP contribution in [0.4, 0.5) is 0 Å². The van der Waals surface area contributed by atoms with Gasteiger partial charge in [-0.3, -0.25) is 0 Å². The first-order valence-corrected chi connectivity index (χ1v) is 8.31. The van der Waals surface area contributed by atoms with Gasteiger partial charge >= 0.3 is 0 Å². The van der Waals surface area contributed by atoms with Crippen LogP contribution in [0.5, 0.6) is 5.75 Å². The maximum Gasteiger partial charge on any atom is 0.147 e. The van der Waals surface area contributed by atoms with Gasteiger partial charge in [0.1, 0.15) is 12.4 Å². The highest BCUT2D eigenvalue weighted by Crippen LogP contribution is 2.35. The monoisotopic (exact) mass is 407 g/mol. The highest BCUT2D eigenvalue weighted by atomic mass is 79.9. The molecule has 0 aromatic heterocycles. The average molecular weight is 409 g/mol. The summed E-state index contributed by atoms with van der Waals surface area (Å²) in [6, 6.07) is 4.08. The number of benzene rings is 1. The Labute approximate surface area is 138 Å². The van der Waals surface area contributed by atoms with Crippen LogP contribution in [0.15, 0.2) is 21.1 Å². The molecule has 1 rings (SSSR count). The molecule has 0 bridgehead atoms. The number of rotatable bonds is 7. The molecule has 3 nitrogen and oxygen atoms in total. The van der Waals surface area contributed by atoms with Gasteiger partial charge in [0.25, 0.3) is 0 Å². The van der Waals surface area contributed by atoms with Crippen LogP contribution in [0.1, 0.15) is 33.3 Å². The molecule has 20 heavy (non-hydrogen) atoms. The van der Waals surface area contributed by atoms with Crippen LogP contribution < -0.4 is 10.1 Å². The van der Waals surface area contributed by atoms with Crippen molar-refractivity contribution in [2.45, 2.75) is 39.8 Å². The lowest BCUT2D eigenvalue weighted by Gasteiger charge is -2.20. The van der Waals surface area contributed by atoms with E-state index < -0.39 is 5.60 Å². The molecule has 0 atom stereocenters. The molecule has 1 aromatic rings. The number of hydrogen-bond acceptors (Lipinski definition) is 3. The van der Waals surface area contributed by atoms with E-state index in [0.29, 0.717) is 5.92 Å². The van der Waals surface area contributed by atoms with Crippen molar-refractivity contribution in [1.82, 2.24) is 5.32 Å². The van der Waals surface area contributed by atoms with E-state index in [0.717, 1.165) is 27.8 Å². The molecule has 114 valence electrons. The predicted octanol–water partition coefficient (Wildman–Crippen LogP) is 4.11. The smallest absolute Gasteiger partial charge is 0.147 e. The zero-order chi connectivity index (χ0) is 15.3. The van der Waals surface area contributed by atoms with Crippen molar-refractivity contribution in [3.8, 4) is 5.75 Å². The molecular formula is C15H23Br2NO2. The lowest BCUT2D eigenvalue weighted by atomic mass is 10.1. The zero-order valence-corrected chi connectivity index (χ0v) is 15.6. The summed E-state index contributed by atoms with van der Waals surface area (Å²) < 4.78 is 7.44. The van der Waals surface area contributed by atoms with Gasteiger partial charge in [-0.2, -0.15) is 0 Å². The molecule has 0 aliphatic rings. The van der Waals surface area contributed by atoms with Gasteiger partial charge in [-0.15, -0.1) is 0 Å². The maximum absolute atomic E-state index is 9.72. The highest BCUT2D eigenvalue weighted by Gasteiger charge is 2.16. The van der Waals surface area contributed by atoms with E-state index in [4.69, 9.17) is 4.74 Å². The molecule has 0 spiro atoms. The molecule has 0 aliphatic carbocycles. The molecule has 0 saturated carbocycles. The Balaban J connectivity index is 2.71. The molecule has 2 N–H and O–H groups in total. The molecular weight excluding hydrogens is 386 g/mol. The van der Waals surface area contributed by atoms with E-state index in [1.807, 2.05) is 12.1 Å². The average Bonchev–Trinajstić information content (AvgIpc) is 2.25. The van der Waals surface area contributed by atoms with Crippen LogP contribution in [-0.2, 0) is 6.54 Å². The summed E-state index contributed by atoms with van der Waals surface area (Å²) in [7, 11) is 0. The molecule has 5 heteroatoms. The molecule has 0 fully saturated rings. The molecule has 0 saturated heterocycles. The van der Waals surface area contributed by atoms with Gasteiger partial charge in [0, 0.05) is 6.54 Å². The summed E-state index contributed by atoms with van der Waals surface area (Å²) in [5.74, 6) is 1.36. The Morgan fingerprint density at radius 3 is 2.25 bits per heavy atom. The second-order valence-corrected chi connectivity index (χ2v) is 7.72. The predicted molar refractivity (Wildman–Crippen MR) is 90.2 cm³/mol. The number of halogens is 2. The van der Waals surface area contributed by atoms with Crippen LogP contribution in [-0.4, -0.2) is 23.9 Å².